The van der Waals surface area contributed by atoms with Crippen LogP contribution in [-0.4, -0.2) is 4.98 Å². The molecule has 1 aromatic rings. The first-order chi connectivity index (χ1) is 7.39. The van der Waals surface area contributed by atoms with Gasteiger partial charge >= 0.3 is 0 Å². The number of pyridine rings is 1. The van der Waals surface area contributed by atoms with Gasteiger partial charge in [0.1, 0.15) is 0 Å². The molecule has 1 atom stereocenters. The zero-order valence-corrected chi connectivity index (χ0v) is 11.2. The Balaban J connectivity index is 2.36. The summed E-state index contributed by atoms with van der Waals surface area (Å²) in [6.07, 6.45) is 2.44. The standard InChI is InChI=1S/C15H23N/c1-10(2)13-8-6-11-12(15(3,4)5)7-9-14(11)16-13/h6,8,10,12H,7,9H2,1-5H3. The van der Waals surface area contributed by atoms with Crippen LogP contribution in [-0.2, 0) is 6.42 Å². The van der Waals surface area contributed by atoms with Crippen LogP contribution in [0.15, 0.2) is 12.1 Å². The average molecular weight is 217 g/mol. The van der Waals surface area contributed by atoms with Crippen molar-refractivity contribution in [2.24, 2.45) is 5.41 Å². The largest absolute Gasteiger partial charge is 0.257 e. The Kier molecular flexibility index (Phi) is 2.81. The number of aromatic nitrogens is 1. The van der Waals surface area contributed by atoms with Gasteiger partial charge in [-0.05, 0) is 41.7 Å². The lowest BCUT2D eigenvalue weighted by atomic mass is 9.77. The summed E-state index contributed by atoms with van der Waals surface area (Å²) in [5, 5.41) is 0. The third-order valence-electron chi connectivity index (χ3n) is 3.71. The van der Waals surface area contributed by atoms with Gasteiger partial charge in [0.2, 0.25) is 0 Å². The van der Waals surface area contributed by atoms with Crippen LogP contribution in [0.25, 0.3) is 0 Å². The lowest BCUT2D eigenvalue weighted by molar-refractivity contribution is 0.319. The van der Waals surface area contributed by atoms with Gasteiger partial charge in [-0.1, -0.05) is 40.7 Å². The quantitative estimate of drug-likeness (QED) is 0.684. The number of fused-ring (bicyclic) bond motifs is 1. The van der Waals surface area contributed by atoms with Gasteiger partial charge in [0.15, 0.2) is 0 Å². The fourth-order valence-corrected chi connectivity index (χ4v) is 2.70. The van der Waals surface area contributed by atoms with E-state index in [1.54, 1.807) is 0 Å². The predicted molar refractivity (Wildman–Crippen MR) is 68.8 cm³/mol. The maximum atomic E-state index is 4.82. The predicted octanol–water partition coefficient (Wildman–Crippen LogP) is 4.28. The van der Waals surface area contributed by atoms with Crippen LogP contribution in [0.5, 0.6) is 0 Å². The Morgan fingerprint density at radius 1 is 1.25 bits per heavy atom. The van der Waals surface area contributed by atoms with Gasteiger partial charge in [0, 0.05) is 11.4 Å². The van der Waals surface area contributed by atoms with Gasteiger partial charge in [0.05, 0.1) is 0 Å². The summed E-state index contributed by atoms with van der Waals surface area (Å²) in [5.41, 5.74) is 4.46. The molecule has 1 heterocycles. The minimum atomic E-state index is 0.367. The number of aryl methyl sites for hydroxylation is 1. The molecule has 1 aliphatic carbocycles. The molecule has 0 amide bonds. The highest BCUT2D eigenvalue weighted by molar-refractivity contribution is 5.33. The summed E-state index contributed by atoms with van der Waals surface area (Å²) in [6.45, 7) is 11.4. The SMILES string of the molecule is CC(C)c1ccc2c(n1)CCC2C(C)(C)C. The first-order valence-corrected chi connectivity index (χ1v) is 6.39. The third kappa shape index (κ3) is 2.00. The average Bonchev–Trinajstić information content (AvgIpc) is 2.58. The molecule has 0 saturated carbocycles. The van der Waals surface area contributed by atoms with Gasteiger partial charge in [-0.3, -0.25) is 4.98 Å². The van der Waals surface area contributed by atoms with E-state index in [2.05, 4.69) is 46.8 Å². The van der Waals surface area contributed by atoms with E-state index >= 15 is 0 Å². The Bertz CT molecular complexity index is 385. The van der Waals surface area contributed by atoms with Crippen LogP contribution in [0, 0.1) is 5.41 Å². The van der Waals surface area contributed by atoms with Crippen molar-refractivity contribution in [1.29, 1.82) is 0 Å². The fourth-order valence-electron chi connectivity index (χ4n) is 2.70. The van der Waals surface area contributed by atoms with E-state index in [-0.39, 0.29) is 0 Å². The number of hydrogen-bond donors (Lipinski definition) is 0. The summed E-state index contributed by atoms with van der Waals surface area (Å²) in [7, 11) is 0. The molecule has 88 valence electrons. The lowest BCUT2D eigenvalue weighted by Gasteiger charge is -2.27. The number of hydrogen-bond acceptors (Lipinski definition) is 1. The van der Waals surface area contributed by atoms with Crippen LogP contribution < -0.4 is 0 Å². The molecule has 0 saturated heterocycles. The molecule has 1 unspecified atom stereocenters. The van der Waals surface area contributed by atoms with Crippen molar-refractivity contribution in [3.8, 4) is 0 Å². The van der Waals surface area contributed by atoms with E-state index in [1.165, 1.54) is 23.4 Å². The number of rotatable bonds is 1. The molecule has 1 nitrogen and oxygen atoms in total. The summed E-state index contributed by atoms with van der Waals surface area (Å²) >= 11 is 0. The molecule has 0 bridgehead atoms. The molecule has 0 N–H and O–H groups in total. The second kappa shape index (κ2) is 3.87. The van der Waals surface area contributed by atoms with Crippen LogP contribution >= 0.6 is 0 Å². The second-order valence-corrected chi connectivity index (χ2v) is 6.38. The van der Waals surface area contributed by atoms with Crippen LogP contribution in [0.3, 0.4) is 0 Å². The third-order valence-corrected chi connectivity index (χ3v) is 3.71. The summed E-state index contributed by atoms with van der Waals surface area (Å²) in [6, 6.07) is 4.54. The van der Waals surface area contributed by atoms with Crippen molar-refractivity contribution in [3.05, 3.63) is 29.1 Å². The molecule has 2 rings (SSSR count). The highest BCUT2D eigenvalue weighted by atomic mass is 14.7. The van der Waals surface area contributed by atoms with E-state index in [0.717, 1.165) is 6.42 Å². The Hall–Kier alpha value is -0.850. The van der Waals surface area contributed by atoms with Gasteiger partial charge in [0.25, 0.3) is 0 Å². The Labute approximate surface area is 99.3 Å². The molecular formula is C15H23N. The zero-order chi connectivity index (χ0) is 11.9. The first-order valence-electron chi connectivity index (χ1n) is 6.39. The van der Waals surface area contributed by atoms with Crippen molar-refractivity contribution >= 4 is 0 Å². The van der Waals surface area contributed by atoms with Crippen molar-refractivity contribution in [2.75, 3.05) is 0 Å². The van der Waals surface area contributed by atoms with E-state index in [0.29, 0.717) is 17.3 Å². The van der Waals surface area contributed by atoms with E-state index in [4.69, 9.17) is 4.98 Å². The van der Waals surface area contributed by atoms with E-state index in [1.807, 2.05) is 0 Å². The van der Waals surface area contributed by atoms with Crippen molar-refractivity contribution in [2.45, 2.75) is 59.3 Å². The summed E-state index contributed by atoms with van der Waals surface area (Å²) in [4.78, 5) is 4.82. The highest BCUT2D eigenvalue weighted by Gasteiger charge is 2.32. The van der Waals surface area contributed by atoms with E-state index in [9.17, 15) is 0 Å². The second-order valence-electron chi connectivity index (χ2n) is 6.38. The highest BCUT2D eigenvalue weighted by Crippen LogP contribution is 2.44. The topological polar surface area (TPSA) is 12.9 Å². The molecule has 0 fully saturated rings. The monoisotopic (exact) mass is 217 g/mol. The van der Waals surface area contributed by atoms with Crippen LogP contribution in [0.4, 0.5) is 0 Å². The molecule has 0 aliphatic heterocycles. The minimum Gasteiger partial charge on any atom is -0.257 e. The van der Waals surface area contributed by atoms with Crippen LogP contribution in [0.2, 0.25) is 0 Å². The van der Waals surface area contributed by atoms with Crippen molar-refractivity contribution in [1.82, 2.24) is 4.98 Å². The maximum Gasteiger partial charge on any atom is 0.0442 e. The molecule has 0 spiro atoms. The lowest BCUT2D eigenvalue weighted by Crippen LogP contribution is -2.16. The van der Waals surface area contributed by atoms with Gasteiger partial charge in [-0.2, -0.15) is 0 Å². The Morgan fingerprint density at radius 3 is 2.50 bits per heavy atom. The summed E-state index contributed by atoms with van der Waals surface area (Å²) in [5.74, 6) is 1.23. The molecular weight excluding hydrogens is 194 g/mol. The number of nitrogens with zero attached hydrogens (tertiary/aromatic N) is 1. The van der Waals surface area contributed by atoms with E-state index < -0.39 is 0 Å². The maximum absolute atomic E-state index is 4.82. The molecule has 0 radical (unpaired) electrons. The molecule has 1 heteroatoms. The smallest absolute Gasteiger partial charge is 0.0442 e. The molecule has 1 aliphatic rings. The normalized spacial score (nSPS) is 20.2. The van der Waals surface area contributed by atoms with Gasteiger partial charge in [-0.25, -0.2) is 0 Å². The molecule has 1 aromatic heterocycles. The zero-order valence-electron chi connectivity index (χ0n) is 11.2. The first kappa shape index (κ1) is 11.6. The van der Waals surface area contributed by atoms with Crippen molar-refractivity contribution in [3.63, 3.8) is 0 Å². The van der Waals surface area contributed by atoms with Gasteiger partial charge < -0.3 is 0 Å². The Morgan fingerprint density at radius 2 is 1.94 bits per heavy atom. The minimum absolute atomic E-state index is 0.367. The fraction of sp³-hybridized carbons (Fsp3) is 0.667. The summed E-state index contributed by atoms with van der Waals surface area (Å²) < 4.78 is 0. The van der Waals surface area contributed by atoms with Crippen LogP contribution in [0.1, 0.15) is 69.8 Å². The molecule has 16 heavy (non-hydrogen) atoms. The van der Waals surface area contributed by atoms with Crippen molar-refractivity contribution < 1.29 is 0 Å². The molecule has 0 aromatic carbocycles. The van der Waals surface area contributed by atoms with Gasteiger partial charge in [-0.15, -0.1) is 0 Å².